The number of nitrogens with zero attached hydrogens (tertiary/aromatic N) is 5. The summed E-state index contributed by atoms with van der Waals surface area (Å²) in [6.45, 7) is 1.65. The average molecular weight is 288 g/mol. The monoisotopic (exact) mass is 288 g/mol. The molecule has 0 amide bonds. The highest BCUT2D eigenvalue weighted by Crippen LogP contribution is 2.27. The lowest BCUT2D eigenvalue weighted by Gasteiger charge is -2.32. The first-order chi connectivity index (χ1) is 10.4. The van der Waals surface area contributed by atoms with E-state index >= 15 is 0 Å². The maximum absolute atomic E-state index is 5.73. The number of rotatable bonds is 5. The molecule has 0 atom stereocenters. The van der Waals surface area contributed by atoms with Crippen molar-refractivity contribution in [2.75, 3.05) is 18.0 Å². The van der Waals surface area contributed by atoms with E-state index in [0.29, 0.717) is 12.6 Å². The molecular formula is C15H24N6. The Balaban J connectivity index is 1.92. The summed E-state index contributed by atoms with van der Waals surface area (Å²) in [5.74, 6) is 0.954. The third-order valence-electron chi connectivity index (χ3n) is 4.34. The van der Waals surface area contributed by atoms with Crippen LogP contribution in [0.15, 0.2) is 18.7 Å². The Hall–Kier alpha value is -1.69. The van der Waals surface area contributed by atoms with Gasteiger partial charge >= 0.3 is 0 Å². The van der Waals surface area contributed by atoms with Crippen molar-refractivity contribution in [3.63, 3.8) is 0 Å². The molecular weight excluding hydrogens is 264 g/mol. The third kappa shape index (κ3) is 3.15. The van der Waals surface area contributed by atoms with Crippen LogP contribution in [0.1, 0.15) is 44.9 Å². The van der Waals surface area contributed by atoms with Crippen LogP contribution < -0.4 is 10.6 Å². The van der Waals surface area contributed by atoms with E-state index in [2.05, 4.69) is 20.1 Å². The van der Waals surface area contributed by atoms with E-state index in [4.69, 9.17) is 5.73 Å². The van der Waals surface area contributed by atoms with Crippen LogP contribution in [0.25, 0.3) is 5.65 Å². The van der Waals surface area contributed by atoms with Crippen molar-refractivity contribution < 1.29 is 0 Å². The number of fused-ring (bicyclic) bond motifs is 1. The van der Waals surface area contributed by atoms with Crippen molar-refractivity contribution in [1.29, 1.82) is 0 Å². The number of anilines is 1. The minimum absolute atomic E-state index is 0.550. The fourth-order valence-electron chi connectivity index (χ4n) is 3.24. The molecule has 114 valence electrons. The van der Waals surface area contributed by atoms with Gasteiger partial charge in [0.2, 0.25) is 5.65 Å². The van der Waals surface area contributed by atoms with Gasteiger partial charge in [-0.1, -0.05) is 25.7 Å². The normalized spacial score (nSPS) is 17.0. The maximum Gasteiger partial charge on any atom is 0.203 e. The summed E-state index contributed by atoms with van der Waals surface area (Å²) < 4.78 is 1.94. The molecule has 0 aromatic carbocycles. The van der Waals surface area contributed by atoms with Crippen LogP contribution in [0.5, 0.6) is 0 Å². The van der Waals surface area contributed by atoms with E-state index in [1.165, 1.54) is 38.5 Å². The van der Waals surface area contributed by atoms with Gasteiger partial charge in [0.15, 0.2) is 5.82 Å². The van der Waals surface area contributed by atoms with Crippen LogP contribution >= 0.6 is 0 Å². The van der Waals surface area contributed by atoms with Gasteiger partial charge in [-0.3, -0.25) is 4.40 Å². The van der Waals surface area contributed by atoms with Crippen molar-refractivity contribution in [2.24, 2.45) is 5.73 Å². The summed E-state index contributed by atoms with van der Waals surface area (Å²) in [5.41, 5.74) is 6.57. The van der Waals surface area contributed by atoms with Crippen LogP contribution in [-0.2, 0) is 0 Å². The van der Waals surface area contributed by atoms with Gasteiger partial charge in [-0.15, -0.1) is 10.2 Å². The SMILES string of the molecule is NCCCN(c1nccn2cnnc12)C1CCCCCC1. The molecule has 0 saturated heterocycles. The molecule has 0 unspecified atom stereocenters. The van der Waals surface area contributed by atoms with Gasteiger partial charge < -0.3 is 10.6 Å². The van der Waals surface area contributed by atoms with Crippen LogP contribution in [0.4, 0.5) is 5.82 Å². The van der Waals surface area contributed by atoms with Crippen molar-refractivity contribution in [3.8, 4) is 0 Å². The maximum atomic E-state index is 5.73. The number of aromatic nitrogens is 4. The summed E-state index contributed by atoms with van der Waals surface area (Å²) in [5, 5.41) is 8.25. The highest BCUT2D eigenvalue weighted by Gasteiger charge is 2.23. The predicted octanol–water partition coefficient (Wildman–Crippen LogP) is 2.00. The highest BCUT2D eigenvalue weighted by molar-refractivity contribution is 5.63. The Kier molecular flexibility index (Phi) is 4.65. The second-order valence-electron chi connectivity index (χ2n) is 5.79. The van der Waals surface area contributed by atoms with Crippen LogP contribution in [0, 0.1) is 0 Å². The van der Waals surface area contributed by atoms with E-state index in [0.717, 1.165) is 24.4 Å². The zero-order valence-corrected chi connectivity index (χ0v) is 12.5. The fraction of sp³-hybridized carbons (Fsp3) is 0.667. The Morgan fingerprint density at radius 2 is 2.05 bits per heavy atom. The van der Waals surface area contributed by atoms with E-state index in [-0.39, 0.29) is 0 Å². The fourth-order valence-corrected chi connectivity index (χ4v) is 3.24. The summed E-state index contributed by atoms with van der Waals surface area (Å²) >= 11 is 0. The topological polar surface area (TPSA) is 72.3 Å². The van der Waals surface area contributed by atoms with Gasteiger partial charge in [0.1, 0.15) is 6.33 Å². The molecule has 0 radical (unpaired) electrons. The second-order valence-corrected chi connectivity index (χ2v) is 5.79. The Bertz CT molecular complexity index is 558. The molecule has 1 fully saturated rings. The summed E-state index contributed by atoms with van der Waals surface area (Å²) in [7, 11) is 0. The van der Waals surface area contributed by atoms with Crippen LogP contribution in [-0.4, -0.2) is 38.7 Å². The first-order valence-electron chi connectivity index (χ1n) is 8.01. The van der Waals surface area contributed by atoms with E-state index in [1.807, 2.05) is 16.8 Å². The van der Waals surface area contributed by atoms with Crippen molar-refractivity contribution in [3.05, 3.63) is 18.7 Å². The highest BCUT2D eigenvalue weighted by atomic mass is 15.3. The summed E-state index contributed by atoms with van der Waals surface area (Å²) in [6.07, 6.45) is 14.2. The van der Waals surface area contributed by atoms with Crippen molar-refractivity contribution >= 4 is 11.5 Å². The Morgan fingerprint density at radius 1 is 1.24 bits per heavy atom. The van der Waals surface area contributed by atoms with Gasteiger partial charge in [-0.25, -0.2) is 4.98 Å². The minimum Gasteiger partial charge on any atom is -0.350 e. The number of hydrogen-bond donors (Lipinski definition) is 1. The van der Waals surface area contributed by atoms with E-state index in [9.17, 15) is 0 Å². The molecule has 1 aliphatic rings. The first kappa shape index (κ1) is 14.3. The van der Waals surface area contributed by atoms with Crippen molar-refractivity contribution in [2.45, 2.75) is 51.0 Å². The number of hydrogen-bond acceptors (Lipinski definition) is 5. The molecule has 2 heterocycles. The van der Waals surface area contributed by atoms with Crippen LogP contribution in [0.2, 0.25) is 0 Å². The Morgan fingerprint density at radius 3 is 2.81 bits per heavy atom. The quantitative estimate of drug-likeness (QED) is 0.852. The zero-order chi connectivity index (χ0) is 14.5. The van der Waals surface area contributed by atoms with Gasteiger partial charge in [-0.05, 0) is 25.8 Å². The lowest BCUT2D eigenvalue weighted by atomic mass is 10.1. The number of nitrogens with two attached hydrogens (primary N) is 1. The van der Waals surface area contributed by atoms with E-state index < -0.39 is 0 Å². The minimum atomic E-state index is 0.550. The largest absolute Gasteiger partial charge is 0.350 e. The standard InChI is InChI=1S/C15H24N6/c16-8-5-10-21(13-6-3-1-2-4-7-13)14-15-19-18-12-20(15)11-9-17-14/h9,11-13H,1-8,10,16H2. The first-order valence-corrected chi connectivity index (χ1v) is 8.01. The zero-order valence-electron chi connectivity index (χ0n) is 12.5. The molecule has 0 spiro atoms. The average Bonchev–Trinajstić information content (AvgIpc) is 2.84. The molecule has 6 heteroatoms. The van der Waals surface area contributed by atoms with E-state index in [1.54, 1.807) is 6.33 Å². The van der Waals surface area contributed by atoms with Crippen LogP contribution in [0.3, 0.4) is 0 Å². The smallest absolute Gasteiger partial charge is 0.203 e. The molecule has 0 bridgehead atoms. The molecule has 3 rings (SSSR count). The Labute approximate surface area is 125 Å². The molecule has 21 heavy (non-hydrogen) atoms. The molecule has 0 aliphatic heterocycles. The van der Waals surface area contributed by atoms with Gasteiger partial charge in [0, 0.05) is 25.0 Å². The van der Waals surface area contributed by atoms with Gasteiger partial charge in [0.05, 0.1) is 0 Å². The predicted molar refractivity (Wildman–Crippen MR) is 83.3 cm³/mol. The molecule has 1 aliphatic carbocycles. The molecule has 2 aromatic heterocycles. The lowest BCUT2D eigenvalue weighted by molar-refractivity contribution is 0.515. The molecule has 1 saturated carbocycles. The summed E-state index contributed by atoms with van der Waals surface area (Å²) in [6, 6.07) is 0.550. The molecule has 2 aromatic rings. The van der Waals surface area contributed by atoms with Gasteiger partial charge in [-0.2, -0.15) is 0 Å². The van der Waals surface area contributed by atoms with Gasteiger partial charge in [0.25, 0.3) is 0 Å². The third-order valence-corrected chi connectivity index (χ3v) is 4.34. The summed E-state index contributed by atoms with van der Waals surface area (Å²) in [4.78, 5) is 7.02. The molecule has 6 nitrogen and oxygen atoms in total. The van der Waals surface area contributed by atoms with Crippen molar-refractivity contribution in [1.82, 2.24) is 19.6 Å². The molecule has 2 N–H and O–H groups in total. The second kappa shape index (κ2) is 6.85. The lowest BCUT2D eigenvalue weighted by Crippen LogP contribution is -2.37.